The molecule has 1 aliphatic heterocycles. The number of hydrogen-bond donors (Lipinski definition) is 0. The second-order valence-corrected chi connectivity index (χ2v) is 6.19. The van der Waals surface area contributed by atoms with Crippen molar-refractivity contribution in [1.29, 1.82) is 0 Å². The average molecular weight is 359 g/mol. The second-order valence-electron chi connectivity index (χ2n) is 6.19. The van der Waals surface area contributed by atoms with Crippen LogP contribution in [-0.2, 0) is 25.6 Å². The number of ether oxygens (including phenoxy) is 3. The van der Waals surface area contributed by atoms with Gasteiger partial charge in [-0.2, -0.15) is 0 Å². The molecule has 0 bridgehead atoms. The number of nitrogens with zero attached hydrogens (tertiary/aromatic N) is 1. The van der Waals surface area contributed by atoms with E-state index in [4.69, 9.17) is 14.2 Å². The maximum atomic E-state index is 12.6. The largest absolute Gasteiger partial charge is 0.467 e. The van der Waals surface area contributed by atoms with Gasteiger partial charge < -0.3 is 14.2 Å². The molecule has 2 rings (SSSR count). The Kier molecular flexibility index (Phi) is 6.97. The van der Waals surface area contributed by atoms with E-state index in [9.17, 15) is 9.59 Å². The third-order valence-corrected chi connectivity index (χ3v) is 4.34. The van der Waals surface area contributed by atoms with Crippen LogP contribution < -0.4 is 0 Å². The standard InChI is InChI=1S/C20H25NO5/c1-4-11-20(26-12-5-2)13-17(18(22)24-3)21(15-20)19(23)25-14-16-9-7-6-8-10-16/h4-10,17H,1-2,11-15H2,3H3/t17-,20?/m0/s1. The van der Waals surface area contributed by atoms with Crippen molar-refractivity contribution in [2.75, 3.05) is 20.3 Å². The second kappa shape index (κ2) is 9.20. The number of carbonyl (C=O) groups excluding carboxylic acids is 2. The summed E-state index contributed by atoms with van der Waals surface area (Å²) in [6, 6.07) is 8.60. The van der Waals surface area contributed by atoms with E-state index in [1.54, 1.807) is 12.2 Å². The fourth-order valence-corrected chi connectivity index (χ4v) is 3.10. The van der Waals surface area contributed by atoms with Gasteiger partial charge in [0.05, 0.1) is 25.9 Å². The normalized spacial score (nSPS) is 21.9. The number of carbonyl (C=O) groups is 2. The van der Waals surface area contributed by atoms with Crippen LogP contribution in [-0.4, -0.2) is 48.9 Å². The van der Waals surface area contributed by atoms with Crippen molar-refractivity contribution in [2.45, 2.75) is 31.1 Å². The Morgan fingerprint density at radius 1 is 1.27 bits per heavy atom. The average Bonchev–Trinajstić information content (AvgIpc) is 3.05. The Bertz CT molecular complexity index is 645. The number of hydrogen-bond acceptors (Lipinski definition) is 5. The Labute approximate surface area is 154 Å². The Hall–Kier alpha value is -2.60. The highest BCUT2D eigenvalue weighted by molar-refractivity contribution is 5.82. The number of rotatable bonds is 8. The van der Waals surface area contributed by atoms with Gasteiger partial charge >= 0.3 is 12.1 Å². The van der Waals surface area contributed by atoms with Crippen molar-refractivity contribution in [1.82, 2.24) is 4.90 Å². The molecule has 1 fully saturated rings. The topological polar surface area (TPSA) is 65.1 Å². The van der Waals surface area contributed by atoms with Crippen molar-refractivity contribution < 1.29 is 23.8 Å². The summed E-state index contributed by atoms with van der Waals surface area (Å²) in [6.07, 6.45) is 3.60. The summed E-state index contributed by atoms with van der Waals surface area (Å²) in [5, 5.41) is 0. The van der Waals surface area contributed by atoms with Gasteiger partial charge in [0, 0.05) is 6.42 Å². The highest BCUT2D eigenvalue weighted by Gasteiger charge is 2.50. The molecule has 0 aliphatic carbocycles. The number of methoxy groups -OCH3 is 1. The van der Waals surface area contributed by atoms with Gasteiger partial charge in [-0.05, 0) is 12.0 Å². The molecule has 1 aromatic rings. The first-order chi connectivity index (χ1) is 12.5. The lowest BCUT2D eigenvalue weighted by atomic mass is 9.96. The molecule has 26 heavy (non-hydrogen) atoms. The molecule has 6 nitrogen and oxygen atoms in total. The van der Waals surface area contributed by atoms with Crippen LogP contribution in [0.2, 0.25) is 0 Å². The van der Waals surface area contributed by atoms with E-state index in [-0.39, 0.29) is 13.2 Å². The highest BCUT2D eigenvalue weighted by atomic mass is 16.6. The first kappa shape index (κ1) is 19.7. The van der Waals surface area contributed by atoms with E-state index in [0.717, 1.165) is 5.56 Å². The Morgan fingerprint density at radius 3 is 2.62 bits per heavy atom. The summed E-state index contributed by atoms with van der Waals surface area (Å²) in [5.41, 5.74) is 0.163. The van der Waals surface area contributed by atoms with Crippen LogP contribution in [0.1, 0.15) is 18.4 Å². The Morgan fingerprint density at radius 2 is 2.00 bits per heavy atom. The number of benzene rings is 1. The van der Waals surface area contributed by atoms with Crippen molar-refractivity contribution in [3.8, 4) is 0 Å². The third kappa shape index (κ3) is 4.73. The number of amides is 1. The lowest BCUT2D eigenvalue weighted by Crippen LogP contribution is -2.42. The van der Waals surface area contributed by atoms with Gasteiger partial charge in [0.25, 0.3) is 0 Å². The summed E-state index contributed by atoms with van der Waals surface area (Å²) < 4.78 is 16.2. The molecular formula is C20H25NO5. The number of esters is 1. The molecule has 1 amide bonds. The predicted molar refractivity (Wildman–Crippen MR) is 97.4 cm³/mol. The molecular weight excluding hydrogens is 334 g/mol. The summed E-state index contributed by atoms with van der Waals surface area (Å²) in [6.45, 7) is 8.08. The van der Waals surface area contributed by atoms with Crippen molar-refractivity contribution in [3.05, 3.63) is 61.2 Å². The van der Waals surface area contributed by atoms with E-state index >= 15 is 0 Å². The van der Waals surface area contributed by atoms with Crippen molar-refractivity contribution in [2.24, 2.45) is 0 Å². The fourth-order valence-electron chi connectivity index (χ4n) is 3.10. The van der Waals surface area contributed by atoms with Gasteiger partial charge in [-0.15, -0.1) is 13.2 Å². The zero-order valence-electron chi connectivity index (χ0n) is 15.1. The minimum atomic E-state index is -0.756. The van der Waals surface area contributed by atoms with Crippen LogP contribution in [0.4, 0.5) is 4.79 Å². The van der Waals surface area contributed by atoms with E-state index in [1.807, 2.05) is 30.3 Å². The zero-order chi connectivity index (χ0) is 19.0. The van der Waals surface area contributed by atoms with Gasteiger partial charge in [-0.3, -0.25) is 4.90 Å². The molecule has 1 unspecified atom stereocenters. The highest BCUT2D eigenvalue weighted by Crippen LogP contribution is 2.35. The molecule has 1 heterocycles. The summed E-state index contributed by atoms with van der Waals surface area (Å²) in [7, 11) is 1.30. The molecule has 1 aromatic carbocycles. The van der Waals surface area contributed by atoms with Crippen LogP contribution in [0.5, 0.6) is 0 Å². The monoisotopic (exact) mass is 359 g/mol. The van der Waals surface area contributed by atoms with Crippen LogP contribution >= 0.6 is 0 Å². The minimum absolute atomic E-state index is 0.131. The molecule has 1 saturated heterocycles. The molecule has 0 spiro atoms. The van der Waals surface area contributed by atoms with Crippen molar-refractivity contribution >= 4 is 12.1 Å². The first-order valence-electron chi connectivity index (χ1n) is 8.46. The van der Waals surface area contributed by atoms with Gasteiger partial charge in [-0.1, -0.05) is 42.5 Å². The van der Waals surface area contributed by atoms with Gasteiger partial charge in [0.1, 0.15) is 12.6 Å². The fraction of sp³-hybridized carbons (Fsp3) is 0.400. The summed E-state index contributed by atoms with van der Waals surface area (Å²) >= 11 is 0. The van der Waals surface area contributed by atoms with Gasteiger partial charge in [0.2, 0.25) is 0 Å². The molecule has 140 valence electrons. The van der Waals surface area contributed by atoms with Crippen LogP contribution in [0.15, 0.2) is 55.6 Å². The molecule has 1 aliphatic rings. The van der Waals surface area contributed by atoms with Gasteiger partial charge in [-0.25, -0.2) is 9.59 Å². The molecule has 2 atom stereocenters. The third-order valence-electron chi connectivity index (χ3n) is 4.34. The molecule has 0 N–H and O–H groups in total. The lowest BCUT2D eigenvalue weighted by Gasteiger charge is -2.27. The van der Waals surface area contributed by atoms with E-state index < -0.39 is 23.7 Å². The molecule has 6 heteroatoms. The van der Waals surface area contributed by atoms with Crippen LogP contribution in [0.25, 0.3) is 0 Å². The van der Waals surface area contributed by atoms with E-state index in [0.29, 0.717) is 19.4 Å². The van der Waals surface area contributed by atoms with Crippen LogP contribution in [0.3, 0.4) is 0 Å². The lowest BCUT2D eigenvalue weighted by molar-refractivity contribution is -0.145. The van der Waals surface area contributed by atoms with Crippen molar-refractivity contribution in [3.63, 3.8) is 0 Å². The predicted octanol–water partition coefficient (Wildman–Crippen LogP) is 3.09. The van der Waals surface area contributed by atoms with E-state index in [1.165, 1.54) is 12.0 Å². The quantitative estimate of drug-likeness (QED) is 0.527. The Balaban J connectivity index is 2.13. The molecule has 0 radical (unpaired) electrons. The zero-order valence-corrected chi connectivity index (χ0v) is 15.1. The van der Waals surface area contributed by atoms with Crippen LogP contribution in [0, 0.1) is 0 Å². The SMILES string of the molecule is C=CCOC1(CC=C)C[C@@H](C(=O)OC)N(C(=O)OCc2ccccc2)C1. The maximum Gasteiger partial charge on any atom is 0.410 e. The minimum Gasteiger partial charge on any atom is -0.467 e. The maximum absolute atomic E-state index is 12.6. The summed E-state index contributed by atoms with van der Waals surface area (Å²) in [4.78, 5) is 26.2. The summed E-state index contributed by atoms with van der Waals surface area (Å²) in [5.74, 6) is -0.491. The van der Waals surface area contributed by atoms with Gasteiger partial charge in [0.15, 0.2) is 0 Å². The first-order valence-corrected chi connectivity index (χ1v) is 8.46. The molecule has 0 aromatic heterocycles. The van der Waals surface area contributed by atoms with E-state index in [2.05, 4.69) is 13.2 Å². The number of likely N-dealkylation sites (tertiary alicyclic amines) is 1. The smallest absolute Gasteiger partial charge is 0.410 e. The molecule has 0 saturated carbocycles.